The van der Waals surface area contributed by atoms with Crippen LogP contribution >= 0.6 is 58.0 Å². The number of aliphatic hydroxyl groups is 1. The summed E-state index contributed by atoms with van der Waals surface area (Å²) >= 11 is 29.5. The lowest BCUT2D eigenvalue weighted by atomic mass is 9.78. The fourth-order valence-corrected chi connectivity index (χ4v) is 5.72. The molecule has 0 aliphatic carbocycles. The number of carbonyl (C=O) groups excluding carboxylic acids is 1. The summed E-state index contributed by atoms with van der Waals surface area (Å²) in [7, 11) is 0. The molecule has 44 heavy (non-hydrogen) atoms. The smallest absolute Gasteiger partial charge is 0.235 e. The number of rotatable bonds is 10. The van der Waals surface area contributed by atoms with Crippen LogP contribution in [0, 0.1) is 0 Å². The molecule has 0 bridgehead atoms. The van der Waals surface area contributed by atoms with E-state index >= 15 is 0 Å². The number of hydrogen-bond acceptors (Lipinski definition) is 2. The van der Waals surface area contributed by atoms with E-state index in [1.807, 2.05) is 125 Å². The molecule has 4 aromatic carbocycles. The van der Waals surface area contributed by atoms with Gasteiger partial charge in [0.1, 0.15) is 5.88 Å². The second-order valence-electron chi connectivity index (χ2n) is 11.9. The van der Waals surface area contributed by atoms with Crippen LogP contribution in [0.15, 0.2) is 97.1 Å². The van der Waals surface area contributed by atoms with Crippen LogP contribution in [-0.2, 0) is 17.6 Å². The number of hydrogen-bond donors (Lipinski definition) is 2. The first-order valence-electron chi connectivity index (χ1n) is 14.3. The predicted octanol–water partition coefficient (Wildman–Crippen LogP) is 10.5. The normalized spacial score (nSPS) is 13.0. The minimum Gasteiger partial charge on any atom is -0.390 e. The lowest BCUT2D eigenvalue weighted by Crippen LogP contribution is -2.49. The van der Waals surface area contributed by atoms with Gasteiger partial charge >= 0.3 is 0 Å². The Kier molecular flexibility index (Phi) is 13.5. The van der Waals surface area contributed by atoms with Crippen LogP contribution in [0.1, 0.15) is 61.8 Å². The molecule has 0 aliphatic rings. The van der Waals surface area contributed by atoms with E-state index in [0.717, 1.165) is 40.1 Å². The Balaban J connectivity index is 0.000000244. The predicted molar refractivity (Wildman–Crippen MR) is 188 cm³/mol. The molecular formula is C36H38Cl5NO2. The fourth-order valence-electron chi connectivity index (χ4n) is 5.15. The van der Waals surface area contributed by atoms with Crippen molar-refractivity contribution in [2.24, 2.45) is 0 Å². The van der Waals surface area contributed by atoms with Crippen molar-refractivity contribution in [3.8, 4) is 0 Å². The number of amides is 1. The Hall–Kier alpha value is -2.24. The van der Waals surface area contributed by atoms with Crippen molar-refractivity contribution in [1.82, 2.24) is 5.32 Å². The zero-order valence-electron chi connectivity index (χ0n) is 25.3. The van der Waals surface area contributed by atoms with Crippen molar-refractivity contribution in [3.63, 3.8) is 0 Å². The minimum atomic E-state index is -0.812. The summed E-state index contributed by atoms with van der Waals surface area (Å²) in [6.07, 6.45) is 1.51. The summed E-state index contributed by atoms with van der Waals surface area (Å²) < 4.78 is 0. The fraction of sp³-hybridized carbons (Fsp3) is 0.306. The first-order valence-corrected chi connectivity index (χ1v) is 16.3. The molecule has 0 fully saturated rings. The van der Waals surface area contributed by atoms with E-state index in [1.165, 1.54) is 0 Å². The molecule has 0 heterocycles. The molecule has 1 amide bonds. The minimum absolute atomic E-state index is 0.000872. The van der Waals surface area contributed by atoms with Gasteiger partial charge in [-0.15, -0.1) is 11.6 Å². The molecule has 8 heteroatoms. The molecule has 4 rings (SSSR count). The van der Waals surface area contributed by atoms with Gasteiger partial charge in [0.05, 0.1) is 5.60 Å². The van der Waals surface area contributed by atoms with Gasteiger partial charge in [0.2, 0.25) is 5.91 Å². The number of benzene rings is 4. The largest absolute Gasteiger partial charge is 0.390 e. The molecule has 2 unspecified atom stereocenters. The van der Waals surface area contributed by atoms with Crippen molar-refractivity contribution >= 4 is 63.9 Å². The molecule has 234 valence electrons. The third kappa shape index (κ3) is 11.3. The van der Waals surface area contributed by atoms with Gasteiger partial charge in [-0.1, -0.05) is 94.9 Å². The molecule has 0 saturated carbocycles. The van der Waals surface area contributed by atoms with Crippen molar-refractivity contribution in [2.45, 2.75) is 63.5 Å². The third-order valence-corrected chi connectivity index (χ3v) is 8.81. The summed E-state index contributed by atoms with van der Waals surface area (Å²) in [4.78, 5) is 11.8. The summed E-state index contributed by atoms with van der Waals surface area (Å²) in [5.41, 5.74) is 3.20. The lowest BCUT2D eigenvalue weighted by Gasteiger charge is -2.36. The lowest BCUT2D eigenvalue weighted by molar-refractivity contribution is -0.120. The highest BCUT2D eigenvalue weighted by Crippen LogP contribution is 2.34. The van der Waals surface area contributed by atoms with Gasteiger partial charge in [0, 0.05) is 37.5 Å². The molecular weight excluding hydrogens is 656 g/mol. The number of nitrogens with one attached hydrogen (secondary N) is 1. The van der Waals surface area contributed by atoms with E-state index in [4.69, 9.17) is 58.0 Å². The first-order chi connectivity index (χ1) is 20.7. The molecule has 0 aromatic heterocycles. The summed E-state index contributed by atoms with van der Waals surface area (Å²) in [6.45, 7) is 7.68. The molecule has 0 radical (unpaired) electrons. The van der Waals surface area contributed by atoms with Gasteiger partial charge in [-0.25, -0.2) is 0 Å². The molecule has 2 N–H and O–H groups in total. The van der Waals surface area contributed by atoms with E-state index in [0.29, 0.717) is 15.1 Å². The molecule has 3 nitrogen and oxygen atoms in total. The number of carbonyl (C=O) groups is 1. The van der Waals surface area contributed by atoms with Crippen LogP contribution in [0.25, 0.3) is 0 Å². The van der Waals surface area contributed by atoms with E-state index < -0.39 is 11.1 Å². The van der Waals surface area contributed by atoms with Crippen LogP contribution in [0.2, 0.25) is 20.1 Å². The second-order valence-corrected chi connectivity index (χ2v) is 13.9. The maximum atomic E-state index is 11.8. The quantitative estimate of drug-likeness (QED) is 0.163. The maximum Gasteiger partial charge on any atom is 0.235 e. The van der Waals surface area contributed by atoms with Crippen molar-refractivity contribution in [3.05, 3.63) is 139 Å². The average molecular weight is 694 g/mol. The van der Waals surface area contributed by atoms with Gasteiger partial charge in [-0.05, 0) is 111 Å². The van der Waals surface area contributed by atoms with Crippen molar-refractivity contribution < 1.29 is 9.90 Å². The molecule has 4 aromatic rings. The first kappa shape index (κ1) is 36.2. The Morgan fingerprint density at radius 3 is 1.27 bits per heavy atom. The average Bonchev–Trinajstić information content (AvgIpc) is 2.97. The molecule has 0 spiro atoms. The van der Waals surface area contributed by atoms with Crippen LogP contribution < -0.4 is 5.32 Å². The van der Waals surface area contributed by atoms with Gasteiger partial charge in [0.15, 0.2) is 0 Å². The Morgan fingerprint density at radius 2 is 0.932 bits per heavy atom. The molecule has 0 aliphatic heterocycles. The maximum absolute atomic E-state index is 11.8. The van der Waals surface area contributed by atoms with Gasteiger partial charge in [-0.2, -0.15) is 0 Å². The van der Waals surface area contributed by atoms with E-state index in [9.17, 15) is 9.90 Å². The van der Waals surface area contributed by atoms with Gasteiger partial charge in [0.25, 0.3) is 0 Å². The second kappa shape index (κ2) is 16.4. The van der Waals surface area contributed by atoms with Gasteiger partial charge in [-0.3, -0.25) is 4.79 Å². The van der Waals surface area contributed by atoms with Crippen molar-refractivity contribution in [2.75, 3.05) is 5.88 Å². The van der Waals surface area contributed by atoms with E-state index in [2.05, 4.69) is 5.32 Å². The highest BCUT2D eigenvalue weighted by Gasteiger charge is 2.32. The number of halogens is 5. The third-order valence-electron chi connectivity index (χ3n) is 7.56. The van der Waals surface area contributed by atoms with Gasteiger partial charge < -0.3 is 10.4 Å². The molecule has 2 atom stereocenters. The molecule has 0 saturated heterocycles. The summed E-state index contributed by atoms with van der Waals surface area (Å²) in [6, 6.07) is 30.9. The Labute approximate surface area is 286 Å². The van der Waals surface area contributed by atoms with Crippen molar-refractivity contribution in [1.29, 1.82) is 0 Å². The van der Waals surface area contributed by atoms with Crippen LogP contribution in [0.4, 0.5) is 0 Å². The Morgan fingerprint density at radius 1 is 0.614 bits per heavy atom. The van der Waals surface area contributed by atoms with Crippen LogP contribution in [0.3, 0.4) is 0 Å². The summed E-state index contributed by atoms with van der Waals surface area (Å²) in [5, 5.41) is 16.3. The zero-order valence-corrected chi connectivity index (χ0v) is 29.0. The van der Waals surface area contributed by atoms with E-state index in [-0.39, 0.29) is 23.6 Å². The zero-order chi connectivity index (χ0) is 32.5. The SMILES string of the molecule is CC(C)(NC(=O)CCl)C(Cc1ccc(Cl)cc1)c1ccc(Cl)cc1.CC(C)(O)C(Cc1ccc(Cl)cc1)c1ccc(Cl)cc1. The monoisotopic (exact) mass is 691 g/mol. The topological polar surface area (TPSA) is 49.3 Å². The highest BCUT2D eigenvalue weighted by molar-refractivity contribution is 6.31. The van der Waals surface area contributed by atoms with Crippen LogP contribution in [-0.4, -0.2) is 28.0 Å². The van der Waals surface area contributed by atoms with E-state index in [1.54, 1.807) is 0 Å². The standard InChI is InChI=1S/C19H20Cl3NO.C17H18Cl2O/c1-19(2,23-18(24)12-20)17(14-5-9-16(22)10-6-14)11-13-3-7-15(21)8-4-13;1-17(2,20)16(13-5-9-15(19)10-6-13)11-12-3-7-14(18)8-4-12/h3-10,17H,11-12H2,1-2H3,(H,23,24);3-10,16,20H,11H2,1-2H3. The number of alkyl halides is 1. The van der Waals surface area contributed by atoms with Crippen LogP contribution in [0.5, 0.6) is 0 Å². The highest BCUT2D eigenvalue weighted by atomic mass is 35.5. The Bertz CT molecular complexity index is 1460. The summed E-state index contributed by atoms with van der Waals surface area (Å²) in [5.74, 6) is -0.182.